The summed E-state index contributed by atoms with van der Waals surface area (Å²) < 4.78 is 2.58. The lowest BCUT2D eigenvalue weighted by Gasteiger charge is -2.28. The fourth-order valence-electron chi connectivity index (χ4n) is 14.8. The highest BCUT2D eigenvalue weighted by molar-refractivity contribution is 6.32. The van der Waals surface area contributed by atoms with Gasteiger partial charge in [-0.2, -0.15) is 0 Å². The summed E-state index contributed by atoms with van der Waals surface area (Å²) in [6.07, 6.45) is 0. The molecule has 0 spiro atoms. The van der Waals surface area contributed by atoms with Crippen molar-refractivity contribution in [1.82, 2.24) is 4.40 Å². The van der Waals surface area contributed by atoms with Gasteiger partial charge in [0.25, 0.3) is 0 Å². The second-order valence-electron chi connectivity index (χ2n) is 24.5. The van der Waals surface area contributed by atoms with Crippen LogP contribution in [0, 0.1) is 0 Å². The highest BCUT2D eigenvalue weighted by Crippen LogP contribution is 2.54. The first-order valence-electron chi connectivity index (χ1n) is 29.8. The van der Waals surface area contributed by atoms with Gasteiger partial charge in [0.05, 0.1) is 16.6 Å². The molecule has 0 radical (unpaired) electrons. The number of anilines is 6. The molecule has 0 unspecified atom stereocenters. The van der Waals surface area contributed by atoms with E-state index in [9.17, 15) is 0 Å². The molecule has 17 rings (SSSR count). The fraction of sp³-hybridized carbons (Fsp3) is 0.0732. The van der Waals surface area contributed by atoms with Crippen molar-refractivity contribution in [2.45, 2.75) is 38.5 Å². The largest absolute Gasteiger partial charge is 0.310 e. The van der Waals surface area contributed by atoms with E-state index in [1.165, 1.54) is 127 Å². The van der Waals surface area contributed by atoms with Gasteiger partial charge in [-0.15, -0.1) is 0 Å². The van der Waals surface area contributed by atoms with Crippen LogP contribution in [0.25, 0.3) is 105 Å². The molecule has 2 aromatic heterocycles. The lowest BCUT2D eigenvalue weighted by atomic mass is 9.82. The van der Waals surface area contributed by atoms with Crippen LogP contribution in [0.2, 0.25) is 0 Å². The van der Waals surface area contributed by atoms with Crippen LogP contribution < -0.4 is 9.80 Å². The van der Waals surface area contributed by atoms with E-state index in [1.54, 1.807) is 0 Å². The Hall–Kier alpha value is -10.5. The second-order valence-corrected chi connectivity index (χ2v) is 24.5. The van der Waals surface area contributed by atoms with Crippen molar-refractivity contribution in [2.75, 3.05) is 9.80 Å². The molecule has 3 heteroatoms. The first kappa shape index (κ1) is 49.2. The Morgan fingerprint density at radius 1 is 0.259 bits per heavy atom. The molecule has 0 saturated heterocycles. The summed E-state index contributed by atoms with van der Waals surface area (Å²) >= 11 is 0. The molecule has 13 aromatic carbocycles. The number of fused-ring (bicyclic) bond motifs is 14. The molecule has 15 aromatic rings. The number of hydrogen-bond donors (Lipinski definition) is 0. The summed E-state index contributed by atoms with van der Waals surface area (Å²) in [6, 6.07) is 107. The Labute approximate surface area is 495 Å². The minimum Gasteiger partial charge on any atom is -0.310 e. The fourth-order valence-corrected chi connectivity index (χ4v) is 14.8. The monoisotopic (exact) mass is 1090 g/mol. The maximum atomic E-state index is 2.58. The van der Waals surface area contributed by atoms with Gasteiger partial charge in [-0.25, -0.2) is 0 Å². The zero-order chi connectivity index (χ0) is 56.7. The van der Waals surface area contributed by atoms with Crippen LogP contribution in [0.15, 0.2) is 285 Å². The Morgan fingerprint density at radius 3 is 1.19 bits per heavy atom. The highest BCUT2D eigenvalue weighted by atomic mass is 15.1. The molecule has 0 saturated carbocycles. The standard InChI is InChI=1S/C82H59N3/c1-81(2)73-26-16-14-24-65(73)67-43-39-62(49-75(67)81)83(59-34-28-55(29-35-59)52-18-8-5-9-19-52)61-38-32-58-46-72-69-45-41-64(51-78(69)85-77-47-57(54-22-12-7-13-23-54)33-42-70(77)79(80(72)85)71(58)48-61)84(60-36-30-56(31-37-60)53-20-10-6-11-21-53)63-40-44-68-66-25-15-17-27-74(66)82(3,4)76(68)50-63/h5-51H,1-4H3. The molecule has 2 aliphatic rings. The first-order chi connectivity index (χ1) is 41.7. The van der Waals surface area contributed by atoms with E-state index in [1.807, 2.05) is 0 Å². The van der Waals surface area contributed by atoms with Gasteiger partial charge >= 0.3 is 0 Å². The van der Waals surface area contributed by atoms with Gasteiger partial charge in [0, 0.05) is 66.5 Å². The summed E-state index contributed by atoms with van der Waals surface area (Å²) in [5, 5.41) is 7.41. The molecule has 0 amide bonds. The average molecular weight is 1090 g/mol. The molecular weight excluding hydrogens is 1030 g/mol. The van der Waals surface area contributed by atoms with E-state index in [-0.39, 0.29) is 10.8 Å². The lowest BCUT2D eigenvalue weighted by molar-refractivity contribution is 0.660. The summed E-state index contributed by atoms with van der Waals surface area (Å²) in [5.41, 5.74) is 27.9. The summed E-state index contributed by atoms with van der Waals surface area (Å²) in [5.74, 6) is 0. The van der Waals surface area contributed by atoms with Gasteiger partial charge in [-0.05, 0) is 174 Å². The molecule has 0 atom stereocenters. The van der Waals surface area contributed by atoms with Gasteiger partial charge in [0.2, 0.25) is 0 Å². The lowest BCUT2D eigenvalue weighted by Crippen LogP contribution is -2.16. The Kier molecular flexibility index (Phi) is 10.7. The van der Waals surface area contributed by atoms with Crippen molar-refractivity contribution in [3.05, 3.63) is 307 Å². The minimum absolute atomic E-state index is 0.157. The normalized spacial score (nSPS) is 13.6. The third-order valence-electron chi connectivity index (χ3n) is 19.1. The molecule has 3 nitrogen and oxygen atoms in total. The smallest absolute Gasteiger partial charge is 0.0627 e. The SMILES string of the molecule is CC1(C)c2ccccc2-c2ccc(N(c3ccc(-c4ccccc4)cc3)c3ccc4cc5c6ccc(N(c7ccc(-c8ccccc8)cc7)c7ccc8c(c7)C(C)(C)c7ccccc7-8)cc6n6c7cc(-c8ccccc8)ccc7c(c4c3)c56)cc21. The van der Waals surface area contributed by atoms with Crippen molar-refractivity contribution in [3.63, 3.8) is 0 Å². The van der Waals surface area contributed by atoms with Crippen molar-refractivity contribution in [1.29, 1.82) is 0 Å². The average Bonchev–Trinajstić information content (AvgIpc) is 1.58. The molecular formula is C82H59N3. The predicted octanol–water partition coefficient (Wildman–Crippen LogP) is 22.5. The third kappa shape index (κ3) is 7.46. The van der Waals surface area contributed by atoms with Crippen molar-refractivity contribution < 1.29 is 0 Å². The topological polar surface area (TPSA) is 10.9 Å². The molecule has 402 valence electrons. The number of aromatic nitrogens is 1. The maximum Gasteiger partial charge on any atom is 0.0627 e. The van der Waals surface area contributed by atoms with Gasteiger partial charge in [0.15, 0.2) is 0 Å². The number of hydrogen-bond acceptors (Lipinski definition) is 2. The Morgan fingerprint density at radius 2 is 0.647 bits per heavy atom. The van der Waals surface area contributed by atoms with Crippen LogP contribution in [0.1, 0.15) is 49.9 Å². The van der Waals surface area contributed by atoms with Crippen molar-refractivity contribution in [2.24, 2.45) is 0 Å². The third-order valence-corrected chi connectivity index (χ3v) is 19.1. The van der Waals surface area contributed by atoms with E-state index in [2.05, 4.69) is 327 Å². The Balaban J connectivity index is 0.886. The number of rotatable bonds is 9. The maximum absolute atomic E-state index is 2.58. The molecule has 0 aliphatic heterocycles. The summed E-state index contributed by atoms with van der Waals surface area (Å²) in [4.78, 5) is 4.94. The summed E-state index contributed by atoms with van der Waals surface area (Å²) in [7, 11) is 0. The van der Waals surface area contributed by atoms with Gasteiger partial charge < -0.3 is 14.2 Å². The van der Waals surface area contributed by atoms with E-state index >= 15 is 0 Å². The highest BCUT2D eigenvalue weighted by Gasteiger charge is 2.37. The van der Waals surface area contributed by atoms with Crippen LogP contribution in [-0.4, -0.2) is 4.40 Å². The van der Waals surface area contributed by atoms with Crippen LogP contribution in [-0.2, 0) is 10.8 Å². The number of nitrogens with zero attached hydrogens (tertiary/aromatic N) is 3. The second kappa shape index (κ2) is 18.5. The molecule has 2 aliphatic carbocycles. The quantitative estimate of drug-likeness (QED) is 0.143. The number of benzene rings is 13. The van der Waals surface area contributed by atoms with E-state index in [4.69, 9.17) is 0 Å². The molecule has 0 bridgehead atoms. The van der Waals surface area contributed by atoms with Crippen LogP contribution in [0.4, 0.5) is 34.1 Å². The molecule has 85 heavy (non-hydrogen) atoms. The van der Waals surface area contributed by atoms with E-state index in [0.29, 0.717) is 0 Å². The van der Waals surface area contributed by atoms with E-state index < -0.39 is 0 Å². The van der Waals surface area contributed by atoms with Gasteiger partial charge in [-0.3, -0.25) is 0 Å². The minimum atomic E-state index is -0.160. The summed E-state index contributed by atoms with van der Waals surface area (Å²) in [6.45, 7) is 9.50. The zero-order valence-electron chi connectivity index (χ0n) is 48.0. The van der Waals surface area contributed by atoms with Crippen molar-refractivity contribution >= 4 is 83.0 Å². The first-order valence-corrected chi connectivity index (χ1v) is 29.8. The molecule has 0 fully saturated rings. The Bertz CT molecular complexity index is 5150. The zero-order valence-corrected chi connectivity index (χ0v) is 48.0. The van der Waals surface area contributed by atoms with Crippen LogP contribution in [0.5, 0.6) is 0 Å². The molecule has 0 N–H and O–H groups in total. The van der Waals surface area contributed by atoms with Crippen LogP contribution >= 0.6 is 0 Å². The van der Waals surface area contributed by atoms with Gasteiger partial charge in [-0.1, -0.05) is 228 Å². The molecule has 2 heterocycles. The van der Waals surface area contributed by atoms with E-state index in [0.717, 1.165) is 34.1 Å². The van der Waals surface area contributed by atoms with Crippen LogP contribution in [0.3, 0.4) is 0 Å². The van der Waals surface area contributed by atoms with Gasteiger partial charge in [0.1, 0.15) is 0 Å². The predicted molar refractivity (Wildman–Crippen MR) is 359 cm³/mol. The van der Waals surface area contributed by atoms with Crippen molar-refractivity contribution in [3.8, 4) is 55.6 Å².